The van der Waals surface area contributed by atoms with Gasteiger partial charge in [0.1, 0.15) is 11.3 Å². The zero-order chi connectivity index (χ0) is 23.3. The van der Waals surface area contributed by atoms with E-state index in [2.05, 4.69) is 41.5 Å². The highest BCUT2D eigenvalue weighted by Gasteiger charge is 2.11. The summed E-state index contributed by atoms with van der Waals surface area (Å²) >= 11 is 0. The molecular weight excluding hydrogens is 424 g/mol. The average molecular weight is 449 g/mol. The number of hydrogen-bond donors (Lipinski definition) is 1. The molecule has 0 bridgehead atoms. The Kier molecular flexibility index (Phi) is 6.08. The number of fused-ring (bicyclic) bond motifs is 1. The summed E-state index contributed by atoms with van der Waals surface area (Å²) in [6.45, 7) is 2.71. The van der Waals surface area contributed by atoms with Gasteiger partial charge in [0.15, 0.2) is 5.58 Å². The van der Waals surface area contributed by atoms with Gasteiger partial charge >= 0.3 is 0 Å². The van der Waals surface area contributed by atoms with Crippen LogP contribution in [0.2, 0.25) is 0 Å². The number of carbonyl (C=O) groups is 1. The maximum atomic E-state index is 12.7. The number of amides is 1. The summed E-state index contributed by atoms with van der Waals surface area (Å²) in [6, 6.07) is 30.9. The number of hydrogen-bond acceptors (Lipinski definition) is 4. The number of carbonyl (C=O) groups excluding carboxylic acids is 1. The molecule has 5 nitrogen and oxygen atoms in total. The van der Waals surface area contributed by atoms with Gasteiger partial charge in [-0.1, -0.05) is 49.4 Å². The molecule has 34 heavy (non-hydrogen) atoms. The van der Waals surface area contributed by atoms with E-state index in [1.54, 1.807) is 24.3 Å². The van der Waals surface area contributed by atoms with Gasteiger partial charge in [0.05, 0.1) is 6.61 Å². The molecule has 0 saturated heterocycles. The van der Waals surface area contributed by atoms with Crippen LogP contribution in [0.3, 0.4) is 0 Å². The molecule has 0 atom stereocenters. The predicted octanol–water partition coefficient (Wildman–Crippen LogP) is 7.20. The second kappa shape index (κ2) is 9.63. The van der Waals surface area contributed by atoms with Gasteiger partial charge in [0.2, 0.25) is 5.89 Å². The largest absolute Gasteiger partial charge is 0.494 e. The Morgan fingerprint density at radius 1 is 0.853 bits per heavy atom. The maximum absolute atomic E-state index is 12.7. The fourth-order valence-corrected chi connectivity index (χ4v) is 3.69. The topological polar surface area (TPSA) is 64.4 Å². The minimum absolute atomic E-state index is 0.193. The number of benzene rings is 4. The highest BCUT2D eigenvalue weighted by Crippen LogP contribution is 2.28. The van der Waals surface area contributed by atoms with Crippen molar-refractivity contribution in [3.63, 3.8) is 0 Å². The molecular formula is C29H24N2O3. The molecule has 0 fully saturated rings. The van der Waals surface area contributed by atoms with E-state index in [1.807, 2.05) is 48.5 Å². The minimum atomic E-state index is -0.193. The molecule has 0 radical (unpaired) electrons. The molecule has 1 amide bonds. The lowest BCUT2D eigenvalue weighted by molar-refractivity contribution is 0.102. The summed E-state index contributed by atoms with van der Waals surface area (Å²) in [5.41, 5.74) is 5.75. The predicted molar refractivity (Wildman–Crippen MR) is 135 cm³/mol. The standard InChI is InChI=1S/C29H24N2O3/c1-2-18-33-25-15-12-22(13-16-25)28(32)30-24-14-17-27-26(19-24)31-29(34-27)23-10-8-21(9-11-23)20-6-4-3-5-7-20/h3-17,19H,2,18H2,1H3,(H,30,32). The normalized spacial score (nSPS) is 10.9. The fourth-order valence-electron chi connectivity index (χ4n) is 3.69. The monoisotopic (exact) mass is 448 g/mol. The third-order valence-electron chi connectivity index (χ3n) is 5.47. The molecule has 5 heteroatoms. The number of anilines is 1. The minimum Gasteiger partial charge on any atom is -0.494 e. The van der Waals surface area contributed by atoms with Crippen LogP contribution in [0.1, 0.15) is 23.7 Å². The average Bonchev–Trinajstić information content (AvgIpc) is 3.32. The Balaban J connectivity index is 1.31. The van der Waals surface area contributed by atoms with E-state index < -0.39 is 0 Å². The summed E-state index contributed by atoms with van der Waals surface area (Å²) in [7, 11) is 0. The molecule has 4 aromatic carbocycles. The summed E-state index contributed by atoms with van der Waals surface area (Å²) in [6.07, 6.45) is 0.938. The second-order valence-corrected chi connectivity index (χ2v) is 7.97. The lowest BCUT2D eigenvalue weighted by Gasteiger charge is -2.07. The van der Waals surface area contributed by atoms with E-state index in [4.69, 9.17) is 9.15 Å². The van der Waals surface area contributed by atoms with Crippen molar-refractivity contribution in [2.45, 2.75) is 13.3 Å². The number of nitrogens with zero attached hydrogens (tertiary/aromatic N) is 1. The zero-order valence-electron chi connectivity index (χ0n) is 18.8. The quantitative estimate of drug-likeness (QED) is 0.286. The number of rotatable bonds is 7. The van der Waals surface area contributed by atoms with Crippen LogP contribution in [0, 0.1) is 0 Å². The molecule has 0 aliphatic carbocycles. The Hall–Kier alpha value is -4.38. The first-order valence-corrected chi connectivity index (χ1v) is 11.3. The first kappa shape index (κ1) is 21.5. The molecule has 168 valence electrons. The zero-order valence-corrected chi connectivity index (χ0v) is 18.8. The summed E-state index contributed by atoms with van der Waals surface area (Å²) in [5, 5.41) is 2.93. The van der Waals surface area contributed by atoms with Crippen molar-refractivity contribution >= 4 is 22.7 Å². The summed E-state index contributed by atoms with van der Waals surface area (Å²) in [5.74, 6) is 1.11. The van der Waals surface area contributed by atoms with Crippen molar-refractivity contribution in [2.24, 2.45) is 0 Å². The van der Waals surface area contributed by atoms with Crippen molar-refractivity contribution in [3.05, 3.63) is 103 Å². The van der Waals surface area contributed by atoms with Crippen molar-refractivity contribution in [3.8, 4) is 28.3 Å². The van der Waals surface area contributed by atoms with E-state index >= 15 is 0 Å². The third-order valence-corrected chi connectivity index (χ3v) is 5.47. The van der Waals surface area contributed by atoms with Gasteiger partial charge in [-0.2, -0.15) is 0 Å². The first-order valence-electron chi connectivity index (χ1n) is 11.3. The van der Waals surface area contributed by atoms with Gasteiger partial charge in [-0.3, -0.25) is 4.79 Å². The van der Waals surface area contributed by atoms with Crippen molar-refractivity contribution in [1.29, 1.82) is 0 Å². The van der Waals surface area contributed by atoms with Crippen LogP contribution in [0.25, 0.3) is 33.7 Å². The Morgan fingerprint density at radius 3 is 2.29 bits per heavy atom. The number of aromatic nitrogens is 1. The number of ether oxygens (including phenoxy) is 1. The molecule has 0 aliphatic rings. The lowest BCUT2D eigenvalue weighted by Crippen LogP contribution is -2.11. The Morgan fingerprint density at radius 2 is 1.56 bits per heavy atom. The van der Waals surface area contributed by atoms with E-state index in [9.17, 15) is 4.79 Å². The van der Waals surface area contributed by atoms with Crippen LogP contribution in [0.4, 0.5) is 5.69 Å². The van der Waals surface area contributed by atoms with Gasteiger partial charge in [0, 0.05) is 16.8 Å². The molecule has 5 rings (SSSR count). The second-order valence-electron chi connectivity index (χ2n) is 7.97. The van der Waals surface area contributed by atoms with E-state index in [0.717, 1.165) is 28.9 Å². The van der Waals surface area contributed by atoms with Crippen LogP contribution in [0.15, 0.2) is 101 Å². The van der Waals surface area contributed by atoms with Crippen LogP contribution >= 0.6 is 0 Å². The lowest BCUT2D eigenvalue weighted by atomic mass is 10.0. The molecule has 0 saturated carbocycles. The first-order chi connectivity index (χ1) is 16.7. The van der Waals surface area contributed by atoms with Gasteiger partial charge in [-0.25, -0.2) is 4.98 Å². The highest BCUT2D eigenvalue weighted by molar-refractivity contribution is 6.05. The smallest absolute Gasteiger partial charge is 0.255 e. The van der Waals surface area contributed by atoms with E-state index in [0.29, 0.717) is 34.8 Å². The van der Waals surface area contributed by atoms with Gasteiger partial charge < -0.3 is 14.5 Å². The maximum Gasteiger partial charge on any atom is 0.255 e. The van der Waals surface area contributed by atoms with Gasteiger partial charge in [-0.05, 0) is 72.1 Å². The SMILES string of the molecule is CCCOc1ccc(C(=O)Nc2ccc3oc(-c4ccc(-c5ccccc5)cc4)nc3c2)cc1. The fraction of sp³-hybridized carbons (Fsp3) is 0.103. The van der Waals surface area contributed by atoms with Crippen molar-refractivity contribution in [2.75, 3.05) is 11.9 Å². The number of oxazole rings is 1. The van der Waals surface area contributed by atoms with Gasteiger partial charge in [-0.15, -0.1) is 0 Å². The molecule has 0 aliphatic heterocycles. The van der Waals surface area contributed by atoms with Crippen LogP contribution in [0.5, 0.6) is 5.75 Å². The molecule has 0 unspecified atom stereocenters. The number of nitrogens with one attached hydrogen (secondary N) is 1. The summed E-state index contributed by atoms with van der Waals surface area (Å²) < 4.78 is 11.5. The Labute approximate surface area is 198 Å². The van der Waals surface area contributed by atoms with Crippen LogP contribution in [-0.2, 0) is 0 Å². The molecule has 1 N–H and O–H groups in total. The third kappa shape index (κ3) is 4.69. The Bertz CT molecular complexity index is 1410. The van der Waals surface area contributed by atoms with Crippen molar-refractivity contribution < 1.29 is 13.9 Å². The molecule has 1 aromatic heterocycles. The van der Waals surface area contributed by atoms with E-state index in [1.165, 1.54) is 0 Å². The van der Waals surface area contributed by atoms with Crippen molar-refractivity contribution in [1.82, 2.24) is 4.98 Å². The van der Waals surface area contributed by atoms with Crippen LogP contribution < -0.4 is 10.1 Å². The highest BCUT2D eigenvalue weighted by atomic mass is 16.5. The van der Waals surface area contributed by atoms with E-state index in [-0.39, 0.29) is 5.91 Å². The molecule has 0 spiro atoms. The van der Waals surface area contributed by atoms with Crippen LogP contribution in [-0.4, -0.2) is 17.5 Å². The summed E-state index contributed by atoms with van der Waals surface area (Å²) in [4.78, 5) is 17.3. The molecule has 5 aromatic rings. The van der Waals surface area contributed by atoms with Gasteiger partial charge in [0.25, 0.3) is 5.91 Å². The molecule has 1 heterocycles.